The van der Waals surface area contributed by atoms with E-state index >= 15 is 0 Å². The topological polar surface area (TPSA) is 47.3 Å². The Morgan fingerprint density at radius 2 is 2.31 bits per heavy atom. The molecule has 3 nitrogen and oxygen atoms in total. The molecule has 0 aromatic rings. The second-order valence-corrected chi connectivity index (χ2v) is 4.29. The highest BCUT2D eigenvalue weighted by Crippen LogP contribution is 2.30. The minimum Gasteiger partial charge on any atom is -0.376 e. The molecule has 0 aromatic carbocycles. The predicted molar refractivity (Wildman–Crippen MR) is 52.5 cm³/mol. The molecule has 1 saturated heterocycles. The zero-order valence-electron chi connectivity index (χ0n) is 8.17. The van der Waals surface area contributed by atoms with Gasteiger partial charge in [-0.2, -0.15) is 0 Å². The summed E-state index contributed by atoms with van der Waals surface area (Å²) in [4.78, 5) is 0. The average molecular weight is 184 g/mol. The molecule has 1 heterocycles. The van der Waals surface area contributed by atoms with Crippen molar-refractivity contribution in [1.82, 2.24) is 5.32 Å². The van der Waals surface area contributed by atoms with Crippen LogP contribution in [-0.4, -0.2) is 31.8 Å². The highest BCUT2D eigenvalue weighted by Gasteiger charge is 2.27. The van der Waals surface area contributed by atoms with Crippen molar-refractivity contribution in [2.75, 3.05) is 19.7 Å². The molecule has 2 rings (SSSR count). The first-order chi connectivity index (χ1) is 6.36. The third-order valence-corrected chi connectivity index (χ3v) is 3.29. The molecule has 2 aliphatic rings. The fraction of sp³-hybridized carbons (Fsp3) is 1.00. The lowest BCUT2D eigenvalue weighted by atomic mass is 9.78. The van der Waals surface area contributed by atoms with Gasteiger partial charge in [0.15, 0.2) is 0 Å². The minimum absolute atomic E-state index is 0.365. The SMILES string of the molecule is NC(CC1CNCCO1)C1CCC1. The Bertz CT molecular complexity index is 153. The van der Waals surface area contributed by atoms with Crippen LogP contribution in [0, 0.1) is 5.92 Å². The first-order valence-corrected chi connectivity index (χ1v) is 5.44. The number of nitrogens with one attached hydrogen (secondary N) is 1. The van der Waals surface area contributed by atoms with Crippen LogP contribution in [0.1, 0.15) is 25.7 Å². The van der Waals surface area contributed by atoms with Gasteiger partial charge in [0.2, 0.25) is 0 Å². The standard InChI is InChI=1S/C10H20N2O/c11-10(8-2-1-3-8)6-9-7-12-4-5-13-9/h8-10,12H,1-7,11H2. The summed E-state index contributed by atoms with van der Waals surface area (Å²) >= 11 is 0. The lowest BCUT2D eigenvalue weighted by molar-refractivity contribution is 0.0128. The van der Waals surface area contributed by atoms with Gasteiger partial charge in [0.05, 0.1) is 12.7 Å². The first kappa shape index (κ1) is 9.44. The molecule has 2 unspecified atom stereocenters. The quantitative estimate of drug-likeness (QED) is 0.671. The van der Waals surface area contributed by atoms with E-state index in [1.807, 2.05) is 0 Å². The van der Waals surface area contributed by atoms with Gasteiger partial charge < -0.3 is 15.8 Å². The molecule has 1 aliphatic heterocycles. The predicted octanol–water partition coefficient (Wildman–Crippen LogP) is 0.492. The molecular formula is C10H20N2O. The smallest absolute Gasteiger partial charge is 0.0714 e. The third kappa shape index (κ3) is 2.42. The van der Waals surface area contributed by atoms with Crippen molar-refractivity contribution in [3.63, 3.8) is 0 Å². The molecule has 2 fully saturated rings. The van der Waals surface area contributed by atoms with Gasteiger partial charge in [-0.25, -0.2) is 0 Å². The van der Waals surface area contributed by atoms with Crippen LogP contribution in [0.2, 0.25) is 0 Å². The maximum Gasteiger partial charge on any atom is 0.0714 e. The van der Waals surface area contributed by atoms with Gasteiger partial charge in [0.1, 0.15) is 0 Å². The molecule has 0 radical (unpaired) electrons. The van der Waals surface area contributed by atoms with Crippen LogP contribution in [0.3, 0.4) is 0 Å². The van der Waals surface area contributed by atoms with Crippen LogP contribution < -0.4 is 11.1 Å². The van der Waals surface area contributed by atoms with Gasteiger partial charge in [-0.15, -0.1) is 0 Å². The van der Waals surface area contributed by atoms with E-state index in [1.54, 1.807) is 0 Å². The number of hydrogen-bond acceptors (Lipinski definition) is 3. The van der Waals surface area contributed by atoms with Gasteiger partial charge in [-0.3, -0.25) is 0 Å². The van der Waals surface area contributed by atoms with Crippen molar-refractivity contribution in [2.24, 2.45) is 11.7 Å². The molecule has 3 N–H and O–H groups in total. The summed E-state index contributed by atoms with van der Waals surface area (Å²) in [5.41, 5.74) is 6.10. The molecule has 13 heavy (non-hydrogen) atoms. The van der Waals surface area contributed by atoms with E-state index in [1.165, 1.54) is 19.3 Å². The zero-order chi connectivity index (χ0) is 9.10. The molecule has 76 valence electrons. The van der Waals surface area contributed by atoms with Crippen molar-refractivity contribution in [2.45, 2.75) is 37.8 Å². The van der Waals surface area contributed by atoms with Gasteiger partial charge in [0.25, 0.3) is 0 Å². The second kappa shape index (κ2) is 4.40. The Hall–Kier alpha value is -0.120. The summed E-state index contributed by atoms with van der Waals surface area (Å²) in [7, 11) is 0. The van der Waals surface area contributed by atoms with Crippen molar-refractivity contribution < 1.29 is 4.74 Å². The van der Waals surface area contributed by atoms with E-state index in [-0.39, 0.29) is 0 Å². The summed E-state index contributed by atoms with van der Waals surface area (Å²) in [5.74, 6) is 0.783. The lowest BCUT2D eigenvalue weighted by Gasteiger charge is -2.34. The summed E-state index contributed by atoms with van der Waals surface area (Å²) in [6.45, 7) is 2.83. The molecule has 0 amide bonds. The minimum atomic E-state index is 0.365. The molecule has 0 bridgehead atoms. The van der Waals surface area contributed by atoms with Crippen LogP contribution >= 0.6 is 0 Å². The molecule has 0 aromatic heterocycles. The van der Waals surface area contributed by atoms with Crippen molar-refractivity contribution in [3.8, 4) is 0 Å². The Kier molecular flexibility index (Phi) is 3.19. The van der Waals surface area contributed by atoms with Gasteiger partial charge in [0, 0.05) is 19.1 Å². The van der Waals surface area contributed by atoms with Crippen LogP contribution in [0.15, 0.2) is 0 Å². The van der Waals surface area contributed by atoms with E-state index in [0.717, 1.165) is 32.0 Å². The average Bonchev–Trinajstić information content (AvgIpc) is 2.02. The Balaban J connectivity index is 1.69. The van der Waals surface area contributed by atoms with Crippen LogP contribution in [0.5, 0.6) is 0 Å². The Labute approximate surface area is 80.0 Å². The molecular weight excluding hydrogens is 164 g/mol. The van der Waals surface area contributed by atoms with Gasteiger partial charge >= 0.3 is 0 Å². The number of rotatable bonds is 3. The summed E-state index contributed by atoms with van der Waals surface area (Å²) in [6.07, 6.45) is 5.45. The maximum atomic E-state index is 6.10. The van der Waals surface area contributed by atoms with Crippen molar-refractivity contribution in [3.05, 3.63) is 0 Å². The van der Waals surface area contributed by atoms with E-state index in [0.29, 0.717) is 12.1 Å². The van der Waals surface area contributed by atoms with Crippen LogP contribution in [-0.2, 0) is 4.74 Å². The van der Waals surface area contributed by atoms with Gasteiger partial charge in [-0.05, 0) is 25.2 Å². The van der Waals surface area contributed by atoms with E-state index in [9.17, 15) is 0 Å². The van der Waals surface area contributed by atoms with Crippen molar-refractivity contribution >= 4 is 0 Å². The van der Waals surface area contributed by atoms with E-state index in [2.05, 4.69) is 5.32 Å². The summed E-state index contributed by atoms with van der Waals surface area (Å²) in [5, 5.41) is 3.33. The highest BCUT2D eigenvalue weighted by atomic mass is 16.5. The van der Waals surface area contributed by atoms with E-state index in [4.69, 9.17) is 10.5 Å². The molecule has 3 heteroatoms. The maximum absolute atomic E-state index is 6.10. The van der Waals surface area contributed by atoms with E-state index < -0.39 is 0 Å². The Morgan fingerprint density at radius 3 is 2.85 bits per heavy atom. The lowest BCUT2D eigenvalue weighted by Crippen LogP contribution is -2.44. The fourth-order valence-corrected chi connectivity index (χ4v) is 2.14. The number of ether oxygens (including phenoxy) is 1. The monoisotopic (exact) mass is 184 g/mol. The van der Waals surface area contributed by atoms with Crippen LogP contribution in [0.25, 0.3) is 0 Å². The number of hydrogen-bond donors (Lipinski definition) is 2. The molecule has 1 saturated carbocycles. The summed E-state index contributed by atoms with van der Waals surface area (Å²) in [6, 6.07) is 0.374. The fourth-order valence-electron chi connectivity index (χ4n) is 2.14. The van der Waals surface area contributed by atoms with Gasteiger partial charge in [-0.1, -0.05) is 6.42 Å². The third-order valence-electron chi connectivity index (χ3n) is 3.29. The summed E-state index contributed by atoms with van der Waals surface area (Å²) < 4.78 is 5.62. The number of morpholine rings is 1. The van der Waals surface area contributed by atoms with Crippen molar-refractivity contribution in [1.29, 1.82) is 0 Å². The van der Waals surface area contributed by atoms with Crippen LogP contribution in [0.4, 0.5) is 0 Å². The second-order valence-electron chi connectivity index (χ2n) is 4.29. The molecule has 2 atom stereocenters. The normalized spacial score (nSPS) is 32.5. The zero-order valence-corrected chi connectivity index (χ0v) is 8.17. The highest BCUT2D eigenvalue weighted by molar-refractivity contribution is 4.83. The first-order valence-electron chi connectivity index (χ1n) is 5.44. The number of nitrogens with two attached hydrogens (primary N) is 1. The molecule has 1 aliphatic carbocycles. The largest absolute Gasteiger partial charge is 0.376 e. The molecule has 0 spiro atoms. The Morgan fingerprint density at radius 1 is 1.46 bits per heavy atom.